The zero-order chi connectivity index (χ0) is 14.5. The highest BCUT2D eigenvalue weighted by Gasteiger charge is 2.05. The summed E-state index contributed by atoms with van der Waals surface area (Å²) in [5.74, 6) is 0.0100. The molecule has 102 valence electrons. The molecule has 0 aliphatic carbocycles. The lowest BCUT2D eigenvalue weighted by Gasteiger charge is -2.04. The standard InChI is InChI=1S/C17H16BrNO/c1-12-3-4-13(2)16(11-12)17(20)9-10-19-15-7-5-14(18)6-8-15/h3-11,19H,1-2H3/b10-9+. The molecule has 0 aliphatic rings. The summed E-state index contributed by atoms with van der Waals surface area (Å²) in [6.45, 7) is 3.93. The van der Waals surface area contributed by atoms with Crippen molar-refractivity contribution in [3.63, 3.8) is 0 Å². The molecule has 0 fully saturated rings. The number of hydrogen-bond acceptors (Lipinski definition) is 2. The molecule has 2 nitrogen and oxygen atoms in total. The predicted molar refractivity (Wildman–Crippen MR) is 87.2 cm³/mol. The monoisotopic (exact) mass is 329 g/mol. The Hall–Kier alpha value is -1.87. The third kappa shape index (κ3) is 3.81. The Balaban J connectivity index is 2.05. The van der Waals surface area contributed by atoms with E-state index in [1.54, 1.807) is 12.3 Å². The molecule has 0 unspecified atom stereocenters. The van der Waals surface area contributed by atoms with Crippen molar-refractivity contribution in [2.45, 2.75) is 13.8 Å². The number of carbonyl (C=O) groups excluding carboxylic acids is 1. The Morgan fingerprint density at radius 3 is 2.50 bits per heavy atom. The van der Waals surface area contributed by atoms with Crippen LogP contribution in [0.1, 0.15) is 21.5 Å². The highest BCUT2D eigenvalue weighted by Crippen LogP contribution is 2.15. The molecule has 0 amide bonds. The van der Waals surface area contributed by atoms with E-state index in [0.29, 0.717) is 0 Å². The molecule has 0 spiro atoms. The van der Waals surface area contributed by atoms with Crippen molar-refractivity contribution in [3.05, 3.63) is 75.9 Å². The van der Waals surface area contributed by atoms with Crippen molar-refractivity contribution in [3.8, 4) is 0 Å². The van der Waals surface area contributed by atoms with Crippen molar-refractivity contribution in [1.82, 2.24) is 0 Å². The van der Waals surface area contributed by atoms with E-state index in [2.05, 4.69) is 21.2 Å². The first-order valence-electron chi connectivity index (χ1n) is 6.36. The van der Waals surface area contributed by atoms with Crippen LogP contribution in [0.25, 0.3) is 0 Å². The van der Waals surface area contributed by atoms with Gasteiger partial charge in [0, 0.05) is 28.0 Å². The lowest BCUT2D eigenvalue weighted by Crippen LogP contribution is -1.99. The number of anilines is 1. The lowest BCUT2D eigenvalue weighted by molar-refractivity contribution is 0.104. The first-order chi connectivity index (χ1) is 9.56. The van der Waals surface area contributed by atoms with E-state index in [0.717, 1.165) is 26.9 Å². The van der Waals surface area contributed by atoms with E-state index in [1.807, 2.05) is 56.3 Å². The fourth-order valence-electron chi connectivity index (χ4n) is 1.85. The molecule has 0 aromatic heterocycles. The van der Waals surface area contributed by atoms with Gasteiger partial charge in [0.1, 0.15) is 0 Å². The molecule has 0 heterocycles. The molecule has 0 saturated heterocycles. The number of allylic oxidation sites excluding steroid dienone is 1. The number of benzene rings is 2. The number of aryl methyl sites for hydroxylation is 2. The van der Waals surface area contributed by atoms with Gasteiger partial charge in [0.25, 0.3) is 0 Å². The first-order valence-corrected chi connectivity index (χ1v) is 7.16. The van der Waals surface area contributed by atoms with Gasteiger partial charge in [0.2, 0.25) is 0 Å². The summed E-state index contributed by atoms with van der Waals surface area (Å²) in [6, 6.07) is 13.7. The zero-order valence-electron chi connectivity index (χ0n) is 11.5. The highest BCUT2D eigenvalue weighted by atomic mass is 79.9. The van der Waals surface area contributed by atoms with Crippen LogP contribution in [0.2, 0.25) is 0 Å². The van der Waals surface area contributed by atoms with Gasteiger partial charge >= 0.3 is 0 Å². The molecule has 20 heavy (non-hydrogen) atoms. The van der Waals surface area contributed by atoms with Crippen LogP contribution in [0.5, 0.6) is 0 Å². The second kappa shape index (κ2) is 6.53. The van der Waals surface area contributed by atoms with Crippen LogP contribution in [0.15, 0.2) is 59.2 Å². The summed E-state index contributed by atoms with van der Waals surface area (Å²) in [7, 11) is 0. The average Bonchev–Trinajstić information content (AvgIpc) is 2.43. The number of rotatable bonds is 4. The fraction of sp³-hybridized carbons (Fsp3) is 0.118. The van der Waals surface area contributed by atoms with Gasteiger partial charge < -0.3 is 5.32 Å². The SMILES string of the molecule is Cc1ccc(C)c(C(=O)/C=C/Nc2ccc(Br)cc2)c1. The van der Waals surface area contributed by atoms with Gasteiger partial charge in [-0.15, -0.1) is 0 Å². The lowest BCUT2D eigenvalue weighted by atomic mass is 10.0. The molecule has 0 saturated carbocycles. The minimum Gasteiger partial charge on any atom is -0.362 e. The van der Waals surface area contributed by atoms with Crippen molar-refractivity contribution in [2.24, 2.45) is 0 Å². The van der Waals surface area contributed by atoms with Gasteiger partial charge in [-0.3, -0.25) is 4.79 Å². The summed E-state index contributed by atoms with van der Waals surface area (Å²) in [4.78, 5) is 12.1. The minimum absolute atomic E-state index is 0.0100. The van der Waals surface area contributed by atoms with Crippen LogP contribution >= 0.6 is 15.9 Å². The molecule has 2 aromatic carbocycles. The second-order valence-electron chi connectivity index (χ2n) is 4.67. The van der Waals surface area contributed by atoms with E-state index in [4.69, 9.17) is 0 Å². The summed E-state index contributed by atoms with van der Waals surface area (Å²) in [6.07, 6.45) is 3.23. The van der Waals surface area contributed by atoms with Crippen LogP contribution in [-0.4, -0.2) is 5.78 Å². The topological polar surface area (TPSA) is 29.1 Å². The third-order valence-corrected chi connectivity index (χ3v) is 3.52. The number of carbonyl (C=O) groups is 1. The van der Waals surface area contributed by atoms with Gasteiger partial charge in [0.15, 0.2) is 5.78 Å². The average molecular weight is 330 g/mol. The van der Waals surface area contributed by atoms with Crippen LogP contribution in [0.4, 0.5) is 5.69 Å². The van der Waals surface area contributed by atoms with Crippen LogP contribution in [0.3, 0.4) is 0 Å². The predicted octanol–water partition coefficient (Wildman–Crippen LogP) is 4.87. The fourth-order valence-corrected chi connectivity index (χ4v) is 2.12. The summed E-state index contributed by atoms with van der Waals surface area (Å²) < 4.78 is 1.03. The van der Waals surface area contributed by atoms with Gasteiger partial charge in [-0.05, 0) is 49.7 Å². The Kier molecular flexibility index (Phi) is 4.74. The number of ketones is 1. The molecule has 0 bridgehead atoms. The Labute approximate surface area is 127 Å². The van der Waals surface area contributed by atoms with Crippen LogP contribution < -0.4 is 5.32 Å². The maximum atomic E-state index is 12.1. The van der Waals surface area contributed by atoms with E-state index < -0.39 is 0 Å². The van der Waals surface area contributed by atoms with Gasteiger partial charge in [-0.25, -0.2) is 0 Å². The third-order valence-electron chi connectivity index (χ3n) is 2.99. The number of hydrogen-bond donors (Lipinski definition) is 1. The summed E-state index contributed by atoms with van der Waals surface area (Å²) in [5, 5.41) is 3.08. The summed E-state index contributed by atoms with van der Waals surface area (Å²) >= 11 is 3.38. The molecule has 0 aliphatic heterocycles. The Bertz CT molecular complexity index is 645. The normalized spacial score (nSPS) is 10.8. The molecule has 3 heteroatoms. The minimum atomic E-state index is 0.0100. The van der Waals surface area contributed by atoms with Crippen molar-refractivity contribution < 1.29 is 4.79 Å². The van der Waals surface area contributed by atoms with Gasteiger partial charge in [-0.1, -0.05) is 33.6 Å². The zero-order valence-corrected chi connectivity index (χ0v) is 13.1. The summed E-state index contributed by atoms with van der Waals surface area (Å²) in [5.41, 5.74) is 3.78. The Morgan fingerprint density at radius 2 is 1.80 bits per heavy atom. The van der Waals surface area contributed by atoms with E-state index in [-0.39, 0.29) is 5.78 Å². The highest BCUT2D eigenvalue weighted by molar-refractivity contribution is 9.10. The first kappa shape index (κ1) is 14.5. The number of nitrogens with one attached hydrogen (secondary N) is 1. The molecule has 0 atom stereocenters. The molecular formula is C17H16BrNO. The van der Waals surface area contributed by atoms with Gasteiger partial charge in [0.05, 0.1) is 0 Å². The molecule has 2 aromatic rings. The molecule has 1 N–H and O–H groups in total. The maximum Gasteiger partial charge on any atom is 0.187 e. The van der Waals surface area contributed by atoms with Crippen molar-refractivity contribution in [1.29, 1.82) is 0 Å². The number of halogens is 1. The quantitative estimate of drug-likeness (QED) is 0.640. The van der Waals surface area contributed by atoms with Crippen molar-refractivity contribution >= 4 is 27.4 Å². The maximum absolute atomic E-state index is 12.1. The molecule has 2 rings (SSSR count). The largest absolute Gasteiger partial charge is 0.362 e. The molecule has 0 radical (unpaired) electrons. The van der Waals surface area contributed by atoms with Crippen LogP contribution in [-0.2, 0) is 0 Å². The van der Waals surface area contributed by atoms with Crippen molar-refractivity contribution in [2.75, 3.05) is 5.32 Å². The molecular weight excluding hydrogens is 314 g/mol. The van der Waals surface area contributed by atoms with E-state index in [1.165, 1.54) is 0 Å². The Morgan fingerprint density at radius 1 is 1.10 bits per heavy atom. The second-order valence-corrected chi connectivity index (χ2v) is 5.58. The van der Waals surface area contributed by atoms with E-state index >= 15 is 0 Å². The smallest absolute Gasteiger partial charge is 0.187 e. The van der Waals surface area contributed by atoms with E-state index in [9.17, 15) is 4.79 Å². The van der Waals surface area contributed by atoms with Gasteiger partial charge in [-0.2, -0.15) is 0 Å². The van der Waals surface area contributed by atoms with Crippen LogP contribution in [0, 0.1) is 13.8 Å².